The number of benzene rings is 10. The SMILES string of the molecule is c1ccc2c(c1)sc1c(-n3c4ccccc4c4ccccc43)cc(-c3ccc4oc5c(-n6c7ccccc7c7ccccc76)cc(-n6c7ccccc7c7ccccc76)cc5c4c3)cc12. The lowest BCUT2D eigenvalue weighted by molar-refractivity contribution is 0.666. The Hall–Kier alpha value is -8.38. The van der Waals surface area contributed by atoms with E-state index in [9.17, 15) is 0 Å². The molecule has 0 aliphatic carbocycles. The zero-order chi connectivity index (χ0) is 42.3. The van der Waals surface area contributed by atoms with Gasteiger partial charge in [0, 0.05) is 64.2 Å². The normalized spacial score (nSPS) is 12.3. The minimum absolute atomic E-state index is 0.856. The van der Waals surface area contributed by atoms with E-state index in [2.05, 4.69) is 226 Å². The van der Waals surface area contributed by atoms with Gasteiger partial charge in [0.25, 0.3) is 0 Å². The van der Waals surface area contributed by atoms with E-state index < -0.39 is 0 Å². The molecule has 0 bridgehead atoms. The van der Waals surface area contributed by atoms with Crippen molar-refractivity contribution in [1.29, 1.82) is 0 Å². The third-order valence-electron chi connectivity index (χ3n) is 13.8. The molecular weight excluding hydrogens is 811 g/mol. The molecule has 0 unspecified atom stereocenters. The van der Waals surface area contributed by atoms with Crippen LogP contribution in [0, 0.1) is 0 Å². The monoisotopic (exact) mass is 845 g/mol. The number of thiophene rings is 1. The van der Waals surface area contributed by atoms with Crippen molar-refractivity contribution in [1.82, 2.24) is 13.7 Å². The van der Waals surface area contributed by atoms with Gasteiger partial charge in [-0.15, -0.1) is 11.3 Å². The molecule has 5 heteroatoms. The fraction of sp³-hybridized carbons (Fsp3) is 0. The average molecular weight is 846 g/mol. The summed E-state index contributed by atoms with van der Waals surface area (Å²) in [7, 11) is 0. The number of para-hydroxylation sites is 6. The van der Waals surface area contributed by atoms with Gasteiger partial charge in [-0.3, -0.25) is 0 Å². The maximum absolute atomic E-state index is 7.11. The van der Waals surface area contributed by atoms with Gasteiger partial charge in [-0.05, 0) is 90.0 Å². The molecule has 0 aliphatic rings. The molecule has 10 aromatic carbocycles. The van der Waals surface area contributed by atoms with Gasteiger partial charge < -0.3 is 18.1 Å². The Morgan fingerprint density at radius 2 is 0.754 bits per heavy atom. The number of fused-ring (bicyclic) bond motifs is 15. The highest BCUT2D eigenvalue weighted by Gasteiger charge is 2.23. The van der Waals surface area contributed by atoms with E-state index in [1.165, 1.54) is 80.2 Å². The molecule has 0 N–H and O–H groups in total. The zero-order valence-electron chi connectivity index (χ0n) is 34.9. The van der Waals surface area contributed by atoms with E-state index in [1.807, 2.05) is 11.3 Å². The molecule has 15 aromatic rings. The average Bonchev–Trinajstić information content (AvgIpc) is 4.17. The molecule has 0 fully saturated rings. The van der Waals surface area contributed by atoms with Gasteiger partial charge >= 0.3 is 0 Å². The molecule has 0 amide bonds. The topological polar surface area (TPSA) is 27.9 Å². The maximum atomic E-state index is 7.11. The highest BCUT2D eigenvalue weighted by Crippen LogP contribution is 2.46. The van der Waals surface area contributed by atoms with Crippen molar-refractivity contribution < 1.29 is 4.42 Å². The molecule has 5 heterocycles. The van der Waals surface area contributed by atoms with Crippen molar-refractivity contribution in [3.05, 3.63) is 212 Å². The molecule has 0 saturated heterocycles. The van der Waals surface area contributed by atoms with Gasteiger partial charge in [0.2, 0.25) is 0 Å². The summed E-state index contributed by atoms with van der Waals surface area (Å²) in [6, 6.07) is 77.7. The van der Waals surface area contributed by atoms with Crippen LogP contribution in [0.4, 0.5) is 0 Å². The maximum Gasteiger partial charge on any atom is 0.159 e. The van der Waals surface area contributed by atoms with Crippen LogP contribution in [0.15, 0.2) is 217 Å². The van der Waals surface area contributed by atoms with Gasteiger partial charge in [-0.1, -0.05) is 133 Å². The Morgan fingerprint density at radius 3 is 1.29 bits per heavy atom. The summed E-state index contributed by atoms with van der Waals surface area (Å²) in [6.45, 7) is 0. The summed E-state index contributed by atoms with van der Waals surface area (Å²) in [6.07, 6.45) is 0. The van der Waals surface area contributed by atoms with Crippen LogP contribution in [0.5, 0.6) is 0 Å². The summed E-state index contributed by atoms with van der Waals surface area (Å²) < 4.78 is 17.0. The molecule has 0 atom stereocenters. The molecule has 15 rings (SSSR count). The first-order chi connectivity index (χ1) is 32.2. The molecule has 0 spiro atoms. The number of rotatable bonds is 4. The van der Waals surface area contributed by atoms with Crippen LogP contribution in [-0.4, -0.2) is 13.7 Å². The number of nitrogens with zero attached hydrogens (tertiary/aromatic N) is 3. The first-order valence-electron chi connectivity index (χ1n) is 22.2. The molecule has 302 valence electrons. The Morgan fingerprint density at radius 1 is 0.308 bits per heavy atom. The van der Waals surface area contributed by atoms with Crippen LogP contribution in [0.2, 0.25) is 0 Å². The van der Waals surface area contributed by atoms with Crippen molar-refractivity contribution >= 4 is 119 Å². The summed E-state index contributed by atoms with van der Waals surface area (Å²) >= 11 is 1.88. The first kappa shape index (κ1) is 35.1. The fourth-order valence-corrected chi connectivity index (χ4v) is 12.2. The lowest BCUT2D eigenvalue weighted by Crippen LogP contribution is -1.99. The Bertz CT molecular complexity index is 4330. The zero-order valence-corrected chi connectivity index (χ0v) is 35.7. The van der Waals surface area contributed by atoms with Crippen LogP contribution in [-0.2, 0) is 0 Å². The molecule has 0 radical (unpaired) electrons. The lowest BCUT2D eigenvalue weighted by Gasteiger charge is -2.14. The largest absolute Gasteiger partial charge is 0.454 e. The van der Waals surface area contributed by atoms with Crippen molar-refractivity contribution in [2.45, 2.75) is 0 Å². The molecular formula is C60H35N3OS. The molecule has 65 heavy (non-hydrogen) atoms. The second-order valence-electron chi connectivity index (χ2n) is 17.2. The van der Waals surface area contributed by atoms with E-state index in [0.29, 0.717) is 0 Å². The second-order valence-corrected chi connectivity index (χ2v) is 18.3. The fourth-order valence-electron chi connectivity index (χ4n) is 11.0. The Labute approximate surface area is 375 Å². The van der Waals surface area contributed by atoms with E-state index in [0.717, 1.165) is 55.5 Å². The van der Waals surface area contributed by atoms with Crippen LogP contribution in [0.1, 0.15) is 0 Å². The molecule has 0 aliphatic heterocycles. The Balaban J connectivity index is 1.04. The highest BCUT2D eigenvalue weighted by atomic mass is 32.1. The van der Waals surface area contributed by atoms with Crippen LogP contribution in [0.25, 0.3) is 136 Å². The Kier molecular flexibility index (Phi) is 7.07. The predicted octanol–water partition coefficient (Wildman–Crippen LogP) is 16.9. The molecule has 0 saturated carbocycles. The summed E-state index contributed by atoms with van der Waals surface area (Å²) in [5.41, 5.74) is 14.3. The van der Waals surface area contributed by atoms with Crippen molar-refractivity contribution in [2.24, 2.45) is 0 Å². The van der Waals surface area contributed by atoms with Crippen LogP contribution in [0.3, 0.4) is 0 Å². The minimum atomic E-state index is 0.856. The molecule has 4 nitrogen and oxygen atoms in total. The van der Waals surface area contributed by atoms with E-state index in [4.69, 9.17) is 4.42 Å². The number of furan rings is 1. The van der Waals surface area contributed by atoms with Crippen molar-refractivity contribution in [3.63, 3.8) is 0 Å². The van der Waals surface area contributed by atoms with E-state index in [1.54, 1.807) is 0 Å². The number of hydrogen-bond acceptors (Lipinski definition) is 2. The standard InChI is InChI=1S/C60H35N3OS/c1-8-22-49-39(15-1)40-16-2-9-23-50(40)61(49)38-34-47-46-31-36(29-30-57(46)64-59(47)55(35-38)62-51-24-10-3-17-41(51)42-18-4-11-25-52(42)62)37-32-48-45-21-7-14-28-58(45)65-60(48)56(33-37)63-53-26-12-5-19-43(53)44-20-6-13-27-54(44)63/h1-35H. The summed E-state index contributed by atoms with van der Waals surface area (Å²) in [5.74, 6) is 0. The van der Waals surface area contributed by atoms with E-state index in [-0.39, 0.29) is 0 Å². The van der Waals surface area contributed by atoms with Gasteiger partial charge in [0.15, 0.2) is 5.58 Å². The molecule has 5 aromatic heterocycles. The first-order valence-corrected chi connectivity index (χ1v) is 23.0. The number of aromatic nitrogens is 3. The minimum Gasteiger partial charge on any atom is -0.454 e. The summed E-state index contributed by atoms with van der Waals surface area (Å²) in [4.78, 5) is 0. The second kappa shape index (κ2) is 13.1. The van der Waals surface area contributed by atoms with Crippen LogP contribution >= 0.6 is 11.3 Å². The van der Waals surface area contributed by atoms with Gasteiger partial charge in [0.05, 0.1) is 49.2 Å². The van der Waals surface area contributed by atoms with Gasteiger partial charge in [-0.25, -0.2) is 0 Å². The lowest BCUT2D eigenvalue weighted by atomic mass is 9.99. The van der Waals surface area contributed by atoms with Crippen molar-refractivity contribution in [2.75, 3.05) is 0 Å². The van der Waals surface area contributed by atoms with Crippen molar-refractivity contribution in [3.8, 4) is 28.2 Å². The van der Waals surface area contributed by atoms with Gasteiger partial charge in [0.1, 0.15) is 5.58 Å². The predicted molar refractivity (Wildman–Crippen MR) is 275 cm³/mol. The third-order valence-corrected chi connectivity index (χ3v) is 15.0. The van der Waals surface area contributed by atoms with E-state index >= 15 is 0 Å². The van der Waals surface area contributed by atoms with Gasteiger partial charge in [-0.2, -0.15) is 0 Å². The quantitative estimate of drug-likeness (QED) is 0.173. The smallest absolute Gasteiger partial charge is 0.159 e. The highest BCUT2D eigenvalue weighted by molar-refractivity contribution is 7.26. The summed E-state index contributed by atoms with van der Waals surface area (Å²) in [5, 5.41) is 12.1. The number of hydrogen-bond donors (Lipinski definition) is 0. The third kappa shape index (κ3) is 4.85. The van der Waals surface area contributed by atoms with Crippen LogP contribution < -0.4 is 0 Å².